The Balaban J connectivity index is 2.52. The van der Waals surface area contributed by atoms with E-state index in [2.05, 4.69) is 4.72 Å². The van der Waals surface area contributed by atoms with Crippen LogP contribution in [0.25, 0.3) is 0 Å². The Labute approximate surface area is 99.9 Å². The molecule has 1 heterocycles. The first-order chi connectivity index (χ1) is 7.93. The van der Waals surface area contributed by atoms with Crippen LogP contribution in [-0.2, 0) is 19.7 Å². The van der Waals surface area contributed by atoms with Gasteiger partial charge in [-0.05, 0) is 6.42 Å². The van der Waals surface area contributed by atoms with Crippen molar-refractivity contribution in [1.29, 1.82) is 0 Å². The van der Waals surface area contributed by atoms with Crippen LogP contribution in [0.5, 0.6) is 0 Å². The molecule has 0 aromatic carbocycles. The van der Waals surface area contributed by atoms with Crippen molar-refractivity contribution >= 4 is 16.2 Å². The lowest BCUT2D eigenvalue weighted by Crippen LogP contribution is -2.48. The van der Waals surface area contributed by atoms with E-state index in [1.807, 2.05) is 0 Å². The summed E-state index contributed by atoms with van der Waals surface area (Å²) in [6.07, 6.45) is 0.617. The minimum atomic E-state index is -3.68. The molecule has 1 aliphatic rings. The molecule has 1 fully saturated rings. The summed E-state index contributed by atoms with van der Waals surface area (Å²) >= 11 is 0. The zero-order chi connectivity index (χ0) is 12.9. The van der Waals surface area contributed by atoms with Crippen molar-refractivity contribution < 1.29 is 23.1 Å². The molecule has 1 saturated heterocycles. The second-order valence-electron chi connectivity index (χ2n) is 3.66. The first kappa shape index (κ1) is 14.3. The number of carboxylic acids is 1. The molecule has 0 aliphatic carbocycles. The lowest BCUT2D eigenvalue weighted by atomic mass is 10.3. The minimum Gasteiger partial charge on any atom is -0.480 e. The lowest BCUT2D eigenvalue weighted by Gasteiger charge is -2.20. The fourth-order valence-corrected chi connectivity index (χ4v) is 2.59. The first-order valence-electron chi connectivity index (χ1n) is 5.24. The van der Waals surface area contributed by atoms with E-state index in [0.717, 1.165) is 0 Å². The van der Waals surface area contributed by atoms with Crippen molar-refractivity contribution in [3.05, 3.63) is 0 Å². The summed E-state index contributed by atoms with van der Waals surface area (Å²) in [6, 6.07) is -1.24. The van der Waals surface area contributed by atoms with E-state index < -0.39 is 22.2 Å². The Hall–Kier alpha value is -0.740. The second kappa shape index (κ2) is 6.26. The molecule has 0 bridgehead atoms. The largest absolute Gasteiger partial charge is 0.480 e. The molecule has 9 heteroatoms. The van der Waals surface area contributed by atoms with Crippen LogP contribution in [-0.4, -0.2) is 62.7 Å². The van der Waals surface area contributed by atoms with Gasteiger partial charge in [0.15, 0.2) is 0 Å². The van der Waals surface area contributed by atoms with Gasteiger partial charge in [0, 0.05) is 26.2 Å². The summed E-state index contributed by atoms with van der Waals surface area (Å²) in [6.45, 7) is 1.16. The molecule has 8 nitrogen and oxygen atoms in total. The van der Waals surface area contributed by atoms with Gasteiger partial charge < -0.3 is 15.6 Å². The maximum atomic E-state index is 11.8. The van der Waals surface area contributed by atoms with E-state index in [1.54, 1.807) is 0 Å². The molecular weight excluding hydrogens is 250 g/mol. The van der Waals surface area contributed by atoms with Crippen LogP contribution >= 0.6 is 0 Å². The molecule has 17 heavy (non-hydrogen) atoms. The zero-order valence-electron chi connectivity index (χ0n) is 9.33. The molecule has 1 aliphatic heterocycles. The van der Waals surface area contributed by atoms with Crippen LogP contribution < -0.4 is 10.5 Å². The number of carbonyl (C=O) groups is 1. The van der Waals surface area contributed by atoms with E-state index in [9.17, 15) is 13.2 Å². The highest BCUT2D eigenvalue weighted by atomic mass is 32.2. The summed E-state index contributed by atoms with van der Waals surface area (Å²) in [4.78, 5) is 10.5. The van der Waals surface area contributed by atoms with Crippen molar-refractivity contribution in [3.8, 4) is 0 Å². The van der Waals surface area contributed by atoms with Gasteiger partial charge in [-0.15, -0.1) is 0 Å². The molecule has 0 spiro atoms. The summed E-state index contributed by atoms with van der Waals surface area (Å²) in [5.74, 6) is -1.24. The van der Waals surface area contributed by atoms with Gasteiger partial charge in [0.25, 0.3) is 10.2 Å². The van der Waals surface area contributed by atoms with E-state index in [-0.39, 0.29) is 13.1 Å². The van der Waals surface area contributed by atoms with E-state index in [4.69, 9.17) is 15.6 Å². The Kier molecular flexibility index (Phi) is 5.28. The number of nitrogens with zero attached hydrogens (tertiary/aromatic N) is 1. The maximum Gasteiger partial charge on any atom is 0.321 e. The Morgan fingerprint density at radius 3 is 2.82 bits per heavy atom. The molecular formula is C8H17N3O5S. The van der Waals surface area contributed by atoms with Crippen molar-refractivity contribution in [2.45, 2.75) is 12.5 Å². The van der Waals surface area contributed by atoms with Gasteiger partial charge in [-0.1, -0.05) is 0 Å². The molecule has 100 valence electrons. The molecule has 0 amide bonds. The number of hydrogen-bond acceptors (Lipinski definition) is 5. The molecule has 1 unspecified atom stereocenters. The molecule has 1 atom stereocenters. The van der Waals surface area contributed by atoms with Gasteiger partial charge >= 0.3 is 5.97 Å². The van der Waals surface area contributed by atoms with Crippen LogP contribution in [0.1, 0.15) is 6.42 Å². The standard InChI is InChI=1S/C8H17N3O5S/c9-7(8(12)13)6-10-17(14,15)11-2-1-4-16-5-3-11/h7,10H,1-6,9H2,(H,12,13). The molecule has 1 rings (SSSR count). The third-order valence-corrected chi connectivity index (χ3v) is 3.90. The van der Waals surface area contributed by atoms with E-state index in [1.165, 1.54) is 4.31 Å². The Bertz CT molecular complexity index is 350. The topological polar surface area (TPSA) is 122 Å². The predicted molar refractivity (Wildman–Crippen MR) is 59.5 cm³/mol. The molecule has 4 N–H and O–H groups in total. The summed E-state index contributed by atoms with van der Waals surface area (Å²) in [5.41, 5.74) is 5.21. The maximum absolute atomic E-state index is 11.8. The highest BCUT2D eigenvalue weighted by molar-refractivity contribution is 7.87. The number of carboxylic acid groups (broad SMARTS) is 1. The monoisotopic (exact) mass is 267 g/mol. The molecule has 0 radical (unpaired) electrons. The van der Waals surface area contributed by atoms with E-state index in [0.29, 0.717) is 26.2 Å². The van der Waals surface area contributed by atoms with Crippen LogP contribution in [0, 0.1) is 0 Å². The number of nitrogens with two attached hydrogens (primary N) is 1. The normalized spacial score (nSPS) is 20.8. The van der Waals surface area contributed by atoms with Crippen LogP contribution in [0.2, 0.25) is 0 Å². The third kappa shape index (κ3) is 4.56. The molecule has 0 aromatic heterocycles. The van der Waals surface area contributed by atoms with E-state index >= 15 is 0 Å². The van der Waals surface area contributed by atoms with Gasteiger partial charge in [-0.25, -0.2) is 0 Å². The van der Waals surface area contributed by atoms with Crippen LogP contribution in [0.15, 0.2) is 0 Å². The highest BCUT2D eigenvalue weighted by Gasteiger charge is 2.24. The number of nitrogens with one attached hydrogen (secondary N) is 1. The first-order valence-corrected chi connectivity index (χ1v) is 6.68. The fraction of sp³-hybridized carbons (Fsp3) is 0.875. The quantitative estimate of drug-likeness (QED) is 0.527. The predicted octanol–water partition coefficient (Wildman–Crippen LogP) is -2.04. The smallest absolute Gasteiger partial charge is 0.321 e. The second-order valence-corrected chi connectivity index (χ2v) is 5.42. The molecule has 0 saturated carbocycles. The lowest BCUT2D eigenvalue weighted by molar-refractivity contribution is -0.138. The summed E-state index contributed by atoms with van der Waals surface area (Å²) in [5, 5.41) is 8.54. The molecule has 0 aromatic rings. The van der Waals surface area contributed by atoms with Gasteiger partial charge in [0.05, 0.1) is 6.61 Å². The third-order valence-electron chi connectivity index (χ3n) is 2.32. The Morgan fingerprint density at radius 1 is 1.47 bits per heavy atom. The van der Waals surface area contributed by atoms with Crippen LogP contribution in [0.4, 0.5) is 0 Å². The SMILES string of the molecule is NC(CNS(=O)(=O)N1CCCOCC1)C(=O)O. The van der Waals surface area contributed by atoms with Crippen molar-refractivity contribution in [3.63, 3.8) is 0 Å². The average Bonchev–Trinajstić information content (AvgIpc) is 2.54. The highest BCUT2D eigenvalue weighted by Crippen LogP contribution is 2.04. The van der Waals surface area contributed by atoms with Gasteiger partial charge in [-0.3, -0.25) is 4.79 Å². The average molecular weight is 267 g/mol. The van der Waals surface area contributed by atoms with Crippen molar-refractivity contribution in [2.75, 3.05) is 32.8 Å². The number of aliphatic carboxylic acids is 1. The number of ether oxygens (including phenoxy) is 1. The Morgan fingerprint density at radius 2 is 2.18 bits per heavy atom. The van der Waals surface area contributed by atoms with Gasteiger partial charge in [-0.2, -0.15) is 17.4 Å². The van der Waals surface area contributed by atoms with Crippen molar-refractivity contribution in [2.24, 2.45) is 5.73 Å². The fourth-order valence-electron chi connectivity index (χ4n) is 1.34. The summed E-state index contributed by atoms with van der Waals surface area (Å²) < 4.78 is 32.1. The number of rotatable bonds is 5. The summed E-state index contributed by atoms with van der Waals surface area (Å²) in [7, 11) is -3.68. The minimum absolute atomic E-state index is 0.262. The zero-order valence-corrected chi connectivity index (χ0v) is 10.1. The van der Waals surface area contributed by atoms with Gasteiger partial charge in [0.1, 0.15) is 6.04 Å². The van der Waals surface area contributed by atoms with Crippen molar-refractivity contribution in [1.82, 2.24) is 9.03 Å². The van der Waals surface area contributed by atoms with Gasteiger partial charge in [0.2, 0.25) is 0 Å². The van der Waals surface area contributed by atoms with Crippen LogP contribution in [0.3, 0.4) is 0 Å². The number of hydrogen-bond donors (Lipinski definition) is 3.